The molecule has 3 nitrogen and oxygen atoms in total. The maximum atomic E-state index is 11.6. The van der Waals surface area contributed by atoms with Gasteiger partial charge in [0.15, 0.2) is 0 Å². The van der Waals surface area contributed by atoms with Gasteiger partial charge in [-0.2, -0.15) is 5.10 Å². The van der Waals surface area contributed by atoms with Gasteiger partial charge in [-0.25, -0.2) is 4.68 Å². The maximum Gasteiger partial charge on any atom is 0.282 e. The third kappa shape index (κ3) is 2.14. The summed E-state index contributed by atoms with van der Waals surface area (Å²) in [6, 6.07) is 0. The molecule has 0 spiro atoms. The van der Waals surface area contributed by atoms with E-state index in [-0.39, 0.29) is 11.1 Å². The van der Waals surface area contributed by atoms with Crippen LogP contribution in [0, 0.1) is 0 Å². The zero-order valence-electron chi connectivity index (χ0n) is 7.71. The molecule has 5 heteroatoms. The van der Waals surface area contributed by atoms with Gasteiger partial charge >= 0.3 is 0 Å². The Bertz CT molecular complexity index is 381. The molecule has 0 aromatic carbocycles. The second-order valence-electron chi connectivity index (χ2n) is 3.73. The molecule has 1 heterocycles. The third-order valence-corrected chi connectivity index (χ3v) is 2.95. The molecule has 13 heavy (non-hydrogen) atoms. The normalized spacial score (nSPS) is 11.8. The lowest BCUT2D eigenvalue weighted by Gasteiger charge is -2.20. The first-order chi connectivity index (χ1) is 5.84. The van der Waals surface area contributed by atoms with E-state index in [0.717, 1.165) is 0 Å². The number of thiol groups is 1. The second-order valence-corrected chi connectivity index (χ2v) is 5.01. The third-order valence-electron chi connectivity index (χ3n) is 1.54. The fourth-order valence-electron chi connectivity index (χ4n) is 0.902. The van der Waals surface area contributed by atoms with E-state index < -0.39 is 0 Å². The summed E-state index contributed by atoms with van der Waals surface area (Å²) in [5.74, 6) is 0. The van der Waals surface area contributed by atoms with Gasteiger partial charge in [-0.15, -0.1) is 12.6 Å². The number of halogens is 1. The average molecular weight is 263 g/mol. The molecule has 0 saturated heterocycles. The molecule has 72 valence electrons. The minimum atomic E-state index is -0.304. The molecule has 0 radical (unpaired) electrons. The van der Waals surface area contributed by atoms with E-state index in [1.807, 2.05) is 20.8 Å². The van der Waals surface area contributed by atoms with E-state index >= 15 is 0 Å². The molecule has 0 amide bonds. The van der Waals surface area contributed by atoms with Crippen LogP contribution in [0.2, 0.25) is 0 Å². The molecule has 0 bridgehead atoms. The Morgan fingerprint density at radius 3 is 2.54 bits per heavy atom. The highest BCUT2D eigenvalue weighted by atomic mass is 79.9. The van der Waals surface area contributed by atoms with Crippen LogP contribution in [0.25, 0.3) is 0 Å². The van der Waals surface area contributed by atoms with Gasteiger partial charge in [-0.1, -0.05) is 0 Å². The second kappa shape index (κ2) is 3.46. The van der Waals surface area contributed by atoms with Crippen molar-refractivity contribution < 1.29 is 0 Å². The fraction of sp³-hybridized carbons (Fsp3) is 0.500. The summed E-state index contributed by atoms with van der Waals surface area (Å²) in [6.45, 7) is 5.77. The van der Waals surface area contributed by atoms with Crippen molar-refractivity contribution >= 4 is 28.6 Å². The molecule has 0 unspecified atom stereocenters. The summed E-state index contributed by atoms with van der Waals surface area (Å²) in [6.07, 6.45) is 1.56. The predicted molar refractivity (Wildman–Crippen MR) is 58.4 cm³/mol. The van der Waals surface area contributed by atoms with E-state index in [2.05, 4.69) is 33.7 Å². The Morgan fingerprint density at radius 2 is 2.08 bits per heavy atom. The molecule has 0 aliphatic carbocycles. The van der Waals surface area contributed by atoms with Crippen molar-refractivity contribution in [3.8, 4) is 0 Å². The first-order valence-electron chi connectivity index (χ1n) is 3.81. The Labute approximate surface area is 90.7 Å². The van der Waals surface area contributed by atoms with Crippen LogP contribution in [0.5, 0.6) is 0 Å². The monoisotopic (exact) mass is 262 g/mol. The number of hydrogen-bond acceptors (Lipinski definition) is 3. The van der Waals surface area contributed by atoms with Crippen molar-refractivity contribution in [2.75, 3.05) is 0 Å². The first-order valence-corrected chi connectivity index (χ1v) is 5.05. The van der Waals surface area contributed by atoms with Crippen molar-refractivity contribution in [1.82, 2.24) is 9.78 Å². The van der Waals surface area contributed by atoms with Crippen LogP contribution in [0.4, 0.5) is 0 Å². The lowest BCUT2D eigenvalue weighted by Crippen LogP contribution is -2.36. The molecule has 0 N–H and O–H groups in total. The van der Waals surface area contributed by atoms with E-state index in [0.29, 0.717) is 9.37 Å². The molecule has 0 atom stereocenters. The number of hydrogen-bond donors (Lipinski definition) is 1. The van der Waals surface area contributed by atoms with Crippen molar-refractivity contribution in [2.24, 2.45) is 0 Å². The SMILES string of the molecule is CC(C)(C)n1ncc(S)c(Br)c1=O. The largest absolute Gasteiger partial charge is 0.282 e. The summed E-state index contributed by atoms with van der Waals surface area (Å²) >= 11 is 7.26. The molecule has 0 aliphatic rings. The summed E-state index contributed by atoms with van der Waals surface area (Å²) in [5.41, 5.74) is -0.457. The van der Waals surface area contributed by atoms with E-state index in [1.165, 1.54) is 4.68 Å². The van der Waals surface area contributed by atoms with E-state index in [1.54, 1.807) is 6.20 Å². The Balaban J connectivity index is 3.44. The Hall–Kier alpha value is -0.290. The van der Waals surface area contributed by atoms with Crippen LogP contribution in [0.15, 0.2) is 20.4 Å². The van der Waals surface area contributed by atoms with Crippen molar-refractivity contribution in [3.05, 3.63) is 21.0 Å². The van der Waals surface area contributed by atoms with Gasteiger partial charge < -0.3 is 0 Å². The lowest BCUT2D eigenvalue weighted by molar-refractivity contribution is 0.334. The van der Waals surface area contributed by atoms with Gasteiger partial charge in [0.05, 0.1) is 16.2 Å². The van der Waals surface area contributed by atoms with Crippen LogP contribution in [-0.4, -0.2) is 9.78 Å². The van der Waals surface area contributed by atoms with Crippen LogP contribution in [0.3, 0.4) is 0 Å². The Kier molecular flexibility index (Phi) is 2.87. The number of rotatable bonds is 0. The molecular weight excluding hydrogens is 252 g/mol. The van der Waals surface area contributed by atoms with E-state index in [9.17, 15) is 4.79 Å². The molecule has 0 fully saturated rings. The standard InChI is InChI=1S/C8H11BrN2OS/c1-8(2,3)11-7(12)6(9)5(13)4-10-11/h4,13H,1-3H3. The zero-order chi connectivity index (χ0) is 10.2. The molecular formula is C8H11BrN2OS. The maximum absolute atomic E-state index is 11.6. The average Bonchev–Trinajstić information content (AvgIpc) is 1.98. The van der Waals surface area contributed by atoms with Crippen LogP contribution < -0.4 is 5.56 Å². The highest BCUT2D eigenvalue weighted by Gasteiger charge is 2.17. The van der Waals surface area contributed by atoms with Gasteiger partial charge in [0.2, 0.25) is 0 Å². The van der Waals surface area contributed by atoms with Gasteiger partial charge in [-0.3, -0.25) is 4.79 Å². The molecule has 0 saturated carbocycles. The highest BCUT2D eigenvalue weighted by molar-refractivity contribution is 9.10. The van der Waals surface area contributed by atoms with Gasteiger partial charge in [0.25, 0.3) is 5.56 Å². The smallest absolute Gasteiger partial charge is 0.266 e. The van der Waals surface area contributed by atoms with Crippen LogP contribution in [0.1, 0.15) is 20.8 Å². The zero-order valence-corrected chi connectivity index (χ0v) is 10.2. The van der Waals surface area contributed by atoms with Gasteiger partial charge in [0, 0.05) is 4.90 Å². The van der Waals surface area contributed by atoms with Crippen LogP contribution >= 0.6 is 28.6 Å². The first kappa shape index (κ1) is 10.8. The summed E-state index contributed by atoms with van der Waals surface area (Å²) < 4.78 is 1.89. The molecule has 0 aliphatic heterocycles. The lowest BCUT2D eigenvalue weighted by atomic mass is 10.1. The minimum absolute atomic E-state index is 0.153. The predicted octanol–water partition coefficient (Wildman–Crippen LogP) is 2.05. The van der Waals surface area contributed by atoms with Crippen molar-refractivity contribution in [1.29, 1.82) is 0 Å². The topological polar surface area (TPSA) is 34.9 Å². The summed E-state index contributed by atoms with van der Waals surface area (Å²) in [7, 11) is 0. The summed E-state index contributed by atoms with van der Waals surface area (Å²) in [4.78, 5) is 12.2. The van der Waals surface area contributed by atoms with Gasteiger partial charge in [0.1, 0.15) is 0 Å². The number of aromatic nitrogens is 2. The molecule has 1 rings (SSSR count). The quantitative estimate of drug-likeness (QED) is 0.727. The van der Waals surface area contributed by atoms with Crippen LogP contribution in [-0.2, 0) is 5.54 Å². The van der Waals surface area contributed by atoms with E-state index in [4.69, 9.17) is 0 Å². The van der Waals surface area contributed by atoms with Crippen molar-refractivity contribution in [2.45, 2.75) is 31.2 Å². The minimum Gasteiger partial charge on any atom is -0.266 e. The van der Waals surface area contributed by atoms with Gasteiger partial charge in [-0.05, 0) is 36.7 Å². The number of nitrogens with zero attached hydrogens (tertiary/aromatic N) is 2. The molecule has 1 aromatic rings. The summed E-state index contributed by atoms with van der Waals surface area (Å²) in [5, 5.41) is 4.01. The van der Waals surface area contributed by atoms with Crippen molar-refractivity contribution in [3.63, 3.8) is 0 Å². The fourth-order valence-corrected chi connectivity index (χ4v) is 1.32. The highest BCUT2D eigenvalue weighted by Crippen LogP contribution is 2.16. The Morgan fingerprint density at radius 1 is 1.54 bits per heavy atom. The molecule has 1 aromatic heterocycles.